The summed E-state index contributed by atoms with van der Waals surface area (Å²) in [4.78, 5) is 10.8. The number of rotatable bonds is 3. The second kappa shape index (κ2) is 6.19. The van der Waals surface area contributed by atoms with Crippen LogP contribution in [0.25, 0.3) is 0 Å². The van der Waals surface area contributed by atoms with E-state index in [2.05, 4.69) is 18.8 Å². The molecule has 138 valence electrons. The van der Waals surface area contributed by atoms with Crippen molar-refractivity contribution in [3.8, 4) is 17.6 Å². The molecule has 4 rings (SSSR count). The largest absolute Gasteiger partial charge is 0.484 e. The minimum atomic E-state index is -0.905. The van der Waals surface area contributed by atoms with Crippen molar-refractivity contribution < 1.29 is 14.3 Å². The molecular formula is C20H25N3O3. The highest BCUT2D eigenvalue weighted by Gasteiger charge is 2.54. The van der Waals surface area contributed by atoms with E-state index in [1.54, 1.807) is 14.2 Å². The molecule has 2 unspecified atom stereocenters. The zero-order valence-corrected chi connectivity index (χ0v) is 15.5. The van der Waals surface area contributed by atoms with Crippen LogP contribution >= 0.6 is 0 Å². The molecule has 2 aliphatic heterocycles. The third kappa shape index (κ3) is 2.91. The molecule has 0 bridgehead atoms. The highest BCUT2D eigenvalue weighted by Crippen LogP contribution is 2.50. The summed E-state index contributed by atoms with van der Waals surface area (Å²) in [6.45, 7) is 2.54. The van der Waals surface area contributed by atoms with E-state index in [0.717, 1.165) is 23.3 Å². The SMILES string of the molecule is CCC1(COC)CC2(N=C(N)N(C)O2)c2cc(C#CC3CC3)ccc2O1. The fraction of sp³-hybridized carbons (Fsp3) is 0.550. The van der Waals surface area contributed by atoms with Crippen LogP contribution in [0.3, 0.4) is 0 Å². The van der Waals surface area contributed by atoms with Gasteiger partial charge >= 0.3 is 0 Å². The van der Waals surface area contributed by atoms with E-state index in [1.165, 1.54) is 17.9 Å². The molecule has 2 N–H and O–H groups in total. The molecule has 6 heteroatoms. The minimum absolute atomic E-state index is 0.356. The first-order chi connectivity index (χ1) is 12.5. The lowest BCUT2D eigenvalue weighted by Gasteiger charge is -2.44. The van der Waals surface area contributed by atoms with E-state index in [0.29, 0.717) is 24.9 Å². The quantitative estimate of drug-likeness (QED) is 0.843. The number of guanidine groups is 1. The lowest BCUT2D eigenvalue weighted by molar-refractivity contribution is -0.209. The first kappa shape index (κ1) is 17.2. The Hall–Kier alpha value is -2.23. The van der Waals surface area contributed by atoms with Crippen molar-refractivity contribution in [3.05, 3.63) is 29.3 Å². The average Bonchev–Trinajstić information content (AvgIpc) is 3.40. The number of aliphatic imine (C=N–C) groups is 1. The summed E-state index contributed by atoms with van der Waals surface area (Å²) in [5.74, 6) is 8.22. The minimum Gasteiger partial charge on any atom is -0.484 e. The summed E-state index contributed by atoms with van der Waals surface area (Å²) in [6.07, 6.45) is 3.71. The molecule has 1 aromatic rings. The Balaban J connectivity index is 1.80. The van der Waals surface area contributed by atoms with E-state index < -0.39 is 11.3 Å². The maximum Gasteiger partial charge on any atom is 0.222 e. The van der Waals surface area contributed by atoms with Crippen LogP contribution in [0.2, 0.25) is 0 Å². The van der Waals surface area contributed by atoms with Crippen molar-refractivity contribution in [2.45, 2.75) is 43.9 Å². The topological polar surface area (TPSA) is 69.3 Å². The molecule has 1 fully saturated rings. The molecule has 0 radical (unpaired) electrons. The molecule has 2 heterocycles. The smallest absolute Gasteiger partial charge is 0.222 e. The summed E-state index contributed by atoms with van der Waals surface area (Å²) in [7, 11) is 3.45. The molecule has 1 saturated carbocycles. The van der Waals surface area contributed by atoms with Gasteiger partial charge in [0.05, 0.1) is 12.2 Å². The van der Waals surface area contributed by atoms with E-state index in [1.807, 2.05) is 18.2 Å². The normalized spacial score (nSPS) is 29.7. The van der Waals surface area contributed by atoms with Gasteiger partial charge in [-0.1, -0.05) is 18.8 Å². The molecule has 2 atom stereocenters. The van der Waals surface area contributed by atoms with Crippen molar-refractivity contribution in [3.63, 3.8) is 0 Å². The van der Waals surface area contributed by atoms with Gasteiger partial charge in [-0.15, -0.1) is 0 Å². The van der Waals surface area contributed by atoms with Gasteiger partial charge in [0, 0.05) is 32.1 Å². The fourth-order valence-corrected chi connectivity index (χ4v) is 3.59. The Morgan fingerprint density at radius 2 is 2.23 bits per heavy atom. The monoisotopic (exact) mass is 355 g/mol. The highest BCUT2D eigenvalue weighted by molar-refractivity contribution is 5.79. The van der Waals surface area contributed by atoms with Crippen molar-refractivity contribution >= 4 is 5.96 Å². The van der Waals surface area contributed by atoms with Gasteiger partial charge < -0.3 is 15.2 Å². The van der Waals surface area contributed by atoms with Crippen molar-refractivity contribution in [1.82, 2.24) is 5.06 Å². The number of ether oxygens (including phenoxy) is 2. The standard InChI is InChI=1S/C20H25N3O3/c1-4-19(13-24-3)12-20(22-18(21)23(2)26-20)16-11-15(8-7-14-5-6-14)9-10-17(16)25-19/h9-11,14H,4-6,12-13H2,1-3H3,(H2,21,22). The number of hydrogen-bond donors (Lipinski definition) is 1. The predicted molar refractivity (Wildman–Crippen MR) is 98.3 cm³/mol. The number of benzene rings is 1. The number of nitrogens with two attached hydrogens (primary N) is 1. The number of fused-ring (bicyclic) bond motifs is 2. The van der Waals surface area contributed by atoms with Crippen LogP contribution in [0.15, 0.2) is 23.2 Å². The zero-order chi connectivity index (χ0) is 18.4. The van der Waals surface area contributed by atoms with Crippen LogP contribution in [-0.2, 0) is 15.3 Å². The third-order valence-electron chi connectivity index (χ3n) is 5.24. The Morgan fingerprint density at radius 1 is 1.42 bits per heavy atom. The Kier molecular flexibility index (Phi) is 4.09. The maximum atomic E-state index is 6.38. The molecule has 0 amide bonds. The molecule has 6 nitrogen and oxygen atoms in total. The van der Waals surface area contributed by atoms with E-state index in [-0.39, 0.29) is 0 Å². The molecule has 0 aromatic heterocycles. The predicted octanol–water partition coefficient (Wildman–Crippen LogP) is 2.37. The number of hydroxylamine groups is 2. The summed E-state index contributed by atoms with van der Waals surface area (Å²) in [6, 6.07) is 5.97. The van der Waals surface area contributed by atoms with Gasteiger partial charge in [-0.2, -0.15) is 0 Å². The van der Waals surface area contributed by atoms with Crippen LogP contribution in [0.4, 0.5) is 0 Å². The van der Waals surface area contributed by atoms with Crippen molar-refractivity contribution in [2.75, 3.05) is 20.8 Å². The fourth-order valence-electron chi connectivity index (χ4n) is 3.59. The van der Waals surface area contributed by atoms with Gasteiger partial charge in [0.2, 0.25) is 11.7 Å². The van der Waals surface area contributed by atoms with E-state index >= 15 is 0 Å². The van der Waals surface area contributed by atoms with Crippen molar-refractivity contribution in [1.29, 1.82) is 0 Å². The third-order valence-corrected chi connectivity index (χ3v) is 5.24. The summed E-state index contributed by atoms with van der Waals surface area (Å²) >= 11 is 0. The van der Waals surface area contributed by atoms with Gasteiger partial charge in [0.25, 0.3) is 0 Å². The summed E-state index contributed by atoms with van der Waals surface area (Å²) in [5, 5.41) is 1.52. The number of methoxy groups -OCH3 is 1. The Morgan fingerprint density at radius 3 is 2.85 bits per heavy atom. The molecule has 0 saturated heterocycles. The molecule has 1 spiro atoms. The number of hydrogen-bond acceptors (Lipinski definition) is 6. The second-order valence-corrected chi connectivity index (χ2v) is 7.35. The van der Waals surface area contributed by atoms with Gasteiger partial charge in [-0.05, 0) is 37.5 Å². The van der Waals surface area contributed by atoms with Gasteiger partial charge in [-0.3, -0.25) is 0 Å². The lowest BCUT2D eigenvalue weighted by Crippen LogP contribution is -2.50. The lowest BCUT2D eigenvalue weighted by atomic mass is 9.82. The average molecular weight is 355 g/mol. The molecule has 1 aliphatic carbocycles. The first-order valence-corrected chi connectivity index (χ1v) is 9.11. The highest BCUT2D eigenvalue weighted by atomic mass is 16.7. The summed E-state index contributed by atoms with van der Waals surface area (Å²) in [5.41, 5.74) is 6.43. The first-order valence-electron chi connectivity index (χ1n) is 9.11. The van der Waals surface area contributed by atoms with E-state index in [4.69, 9.17) is 25.0 Å². The molecule has 26 heavy (non-hydrogen) atoms. The zero-order valence-electron chi connectivity index (χ0n) is 15.5. The van der Waals surface area contributed by atoms with Crippen LogP contribution < -0.4 is 10.5 Å². The van der Waals surface area contributed by atoms with Crippen LogP contribution in [-0.4, -0.2) is 37.4 Å². The Labute approximate surface area is 154 Å². The van der Waals surface area contributed by atoms with Crippen LogP contribution in [0.1, 0.15) is 43.7 Å². The van der Waals surface area contributed by atoms with Gasteiger partial charge in [0.15, 0.2) is 0 Å². The molecule has 1 aromatic carbocycles. The van der Waals surface area contributed by atoms with Gasteiger partial charge in [-0.25, -0.2) is 14.9 Å². The Bertz CT molecular complexity index is 808. The number of nitrogens with zero attached hydrogens (tertiary/aromatic N) is 2. The van der Waals surface area contributed by atoms with Crippen molar-refractivity contribution in [2.24, 2.45) is 16.6 Å². The molecule has 3 aliphatic rings. The maximum absolute atomic E-state index is 6.38. The second-order valence-electron chi connectivity index (χ2n) is 7.35. The van der Waals surface area contributed by atoms with E-state index in [9.17, 15) is 0 Å². The van der Waals surface area contributed by atoms with Crippen LogP contribution in [0.5, 0.6) is 5.75 Å². The molecular weight excluding hydrogens is 330 g/mol. The summed E-state index contributed by atoms with van der Waals surface area (Å²) < 4.78 is 11.8. The van der Waals surface area contributed by atoms with Crippen LogP contribution in [0, 0.1) is 17.8 Å². The van der Waals surface area contributed by atoms with Gasteiger partial charge in [0.1, 0.15) is 11.4 Å².